The summed E-state index contributed by atoms with van der Waals surface area (Å²) in [5.41, 5.74) is -0.656. The zero-order valence-corrected chi connectivity index (χ0v) is 13.8. The molecule has 7 nitrogen and oxygen atoms in total. The molecule has 0 radical (unpaired) electrons. The number of rotatable bonds is 5. The number of unbranched alkanes of at least 4 members (excludes halogenated alkanes) is 1. The van der Waals surface area contributed by atoms with Gasteiger partial charge in [0.1, 0.15) is 11.6 Å². The first-order valence-electron chi connectivity index (χ1n) is 7.67. The van der Waals surface area contributed by atoms with Crippen molar-refractivity contribution >= 4 is 18.0 Å². The average Bonchev–Trinajstić information content (AvgIpc) is 2.39. The van der Waals surface area contributed by atoms with Gasteiger partial charge < -0.3 is 14.8 Å². The summed E-state index contributed by atoms with van der Waals surface area (Å²) in [6, 6.07) is -0.877. The first-order valence-corrected chi connectivity index (χ1v) is 7.67. The summed E-state index contributed by atoms with van der Waals surface area (Å²) in [4.78, 5) is 37.3. The second-order valence-electron chi connectivity index (χ2n) is 6.26. The van der Waals surface area contributed by atoms with E-state index in [1.54, 1.807) is 20.8 Å². The number of ether oxygens (including phenoxy) is 2. The number of piperazine rings is 1. The van der Waals surface area contributed by atoms with Crippen LogP contribution in [0.1, 0.15) is 47.0 Å². The van der Waals surface area contributed by atoms with Crippen LogP contribution in [0.5, 0.6) is 0 Å². The Bertz CT molecular complexity index is 417. The Morgan fingerprint density at radius 3 is 2.64 bits per heavy atom. The number of carbonyl (C=O) groups excluding carboxylic acids is 3. The first kappa shape index (κ1) is 18.3. The molecule has 0 bridgehead atoms. The van der Waals surface area contributed by atoms with Gasteiger partial charge in [-0.2, -0.15) is 0 Å². The Balaban J connectivity index is 2.67. The van der Waals surface area contributed by atoms with E-state index in [0.717, 1.165) is 12.8 Å². The van der Waals surface area contributed by atoms with Crippen molar-refractivity contribution in [3.05, 3.63) is 0 Å². The Labute approximate surface area is 131 Å². The van der Waals surface area contributed by atoms with Crippen molar-refractivity contribution in [1.82, 2.24) is 10.2 Å². The number of amides is 2. The van der Waals surface area contributed by atoms with Gasteiger partial charge in [-0.05, 0) is 27.2 Å². The normalized spacial score (nSPS) is 18.6. The van der Waals surface area contributed by atoms with Gasteiger partial charge in [-0.15, -0.1) is 0 Å². The van der Waals surface area contributed by atoms with E-state index in [1.165, 1.54) is 4.90 Å². The zero-order chi connectivity index (χ0) is 16.8. The van der Waals surface area contributed by atoms with E-state index in [-0.39, 0.29) is 12.3 Å². The van der Waals surface area contributed by atoms with Gasteiger partial charge >= 0.3 is 12.1 Å². The van der Waals surface area contributed by atoms with Crippen molar-refractivity contribution in [3.8, 4) is 0 Å². The van der Waals surface area contributed by atoms with E-state index in [2.05, 4.69) is 5.32 Å². The molecule has 1 atom stereocenters. The Morgan fingerprint density at radius 1 is 1.36 bits per heavy atom. The molecule has 0 spiro atoms. The van der Waals surface area contributed by atoms with Crippen LogP contribution < -0.4 is 5.32 Å². The highest BCUT2D eigenvalue weighted by atomic mass is 16.6. The largest absolute Gasteiger partial charge is 0.466 e. The summed E-state index contributed by atoms with van der Waals surface area (Å²) < 4.78 is 10.4. The number of nitrogens with zero attached hydrogens (tertiary/aromatic N) is 1. The minimum atomic E-state index is -0.877. The molecule has 2 amide bonds. The summed E-state index contributed by atoms with van der Waals surface area (Å²) in [5, 5.41) is 2.66. The zero-order valence-electron chi connectivity index (χ0n) is 13.8. The number of carbonyl (C=O) groups is 3. The standard InChI is InChI=1S/C15H26N2O5/c1-5-6-9-21-12(18)10-11-13(19)16-7-8-17(11)14(20)22-15(2,3)4/h11H,5-10H2,1-4H3,(H,16,19)/t11-/m1/s1. The van der Waals surface area contributed by atoms with Crippen LogP contribution in [-0.2, 0) is 19.1 Å². The fraction of sp³-hybridized carbons (Fsp3) is 0.800. The smallest absolute Gasteiger partial charge is 0.411 e. The molecule has 0 aliphatic carbocycles. The summed E-state index contributed by atoms with van der Waals surface area (Å²) in [5.74, 6) is -0.839. The van der Waals surface area contributed by atoms with Crippen molar-refractivity contribution < 1.29 is 23.9 Å². The highest BCUT2D eigenvalue weighted by molar-refractivity contribution is 5.90. The molecule has 1 N–H and O–H groups in total. The van der Waals surface area contributed by atoms with Crippen molar-refractivity contribution in [2.24, 2.45) is 0 Å². The molecular formula is C15H26N2O5. The van der Waals surface area contributed by atoms with Gasteiger partial charge in [-0.25, -0.2) is 4.79 Å². The molecule has 1 saturated heterocycles. The Morgan fingerprint density at radius 2 is 2.05 bits per heavy atom. The maximum Gasteiger partial charge on any atom is 0.411 e. The minimum absolute atomic E-state index is 0.158. The maximum atomic E-state index is 12.2. The Hall–Kier alpha value is -1.79. The van der Waals surface area contributed by atoms with Gasteiger partial charge in [0.05, 0.1) is 13.0 Å². The summed E-state index contributed by atoms with van der Waals surface area (Å²) in [6.45, 7) is 8.24. The van der Waals surface area contributed by atoms with E-state index >= 15 is 0 Å². The topological polar surface area (TPSA) is 84.9 Å². The van der Waals surface area contributed by atoms with Crippen LogP contribution in [0.15, 0.2) is 0 Å². The van der Waals surface area contributed by atoms with E-state index in [9.17, 15) is 14.4 Å². The monoisotopic (exact) mass is 314 g/mol. The van der Waals surface area contributed by atoms with Crippen LogP contribution in [-0.4, -0.2) is 54.2 Å². The molecular weight excluding hydrogens is 288 g/mol. The van der Waals surface area contributed by atoms with Crippen LogP contribution in [0.2, 0.25) is 0 Å². The van der Waals surface area contributed by atoms with E-state index in [0.29, 0.717) is 19.7 Å². The second kappa shape index (κ2) is 8.00. The van der Waals surface area contributed by atoms with Crippen molar-refractivity contribution in [3.63, 3.8) is 0 Å². The minimum Gasteiger partial charge on any atom is -0.466 e. The third-order valence-electron chi connectivity index (χ3n) is 3.08. The molecule has 0 aromatic heterocycles. The van der Waals surface area contributed by atoms with Gasteiger partial charge in [-0.3, -0.25) is 14.5 Å². The third-order valence-corrected chi connectivity index (χ3v) is 3.08. The molecule has 1 aliphatic heterocycles. The molecule has 1 rings (SSSR count). The lowest BCUT2D eigenvalue weighted by Gasteiger charge is -2.35. The first-order chi connectivity index (χ1) is 10.2. The summed E-state index contributed by atoms with van der Waals surface area (Å²) >= 11 is 0. The average molecular weight is 314 g/mol. The molecule has 126 valence electrons. The van der Waals surface area contributed by atoms with Crippen molar-refractivity contribution in [2.45, 2.75) is 58.6 Å². The quantitative estimate of drug-likeness (QED) is 0.613. The van der Waals surface area contributed by atoms with Gasteiger partial charge in [-0.1, -0.05) is 13.3 Å². The highest BCUT2D eigenvalue weighted by Gasteiger charge is 2.37. The van der Waals surface area contributed by atoms with Gasteiger partial charge in [0.25, 0.3) is 0 Å². The fourth-order valence-corrected chi connectivity index (χ4v) is 2.00. The molecule has 1 aliphatic rings. The van der Waals surface area contributed by atoms with Gasteiger partial charge in [0, 0.05) is 13.1 Å². The molecule has 1 fully saturated rings. The number of nitrogens with one attached hydrogen (secondary N) is 1. The molecule has 0 saturated carbocycles. The van der Waals surface area contributed by atoms with Crippen LogP contribution in [0.4, 0.5) is 4.79 Å². The summed E-state index contributed by atoms with van der Waals surface area (Å²) in [7, 11) is 0. The van der Waals surface area contributed by atoms with E-state index in [1.807, 2.05) is 6.92 Å². The molecule has 0 unspecified atom stereocenters. The number of esters is 1. The molecule has 7 heteroatoms. The number of hydrogen-bond acceptors (Lipinski definition) is 5. The maximum absolute atomic E-state index is 12.2. The van der Waals surface area contributed by atoms with Crippen molar-refractivity contribution in [1.29, 1.82) is 0 Å². The van der Waals surface area contributed by atoms with Crippen LogP contribution in [0.25, 0.3) is 0 Å². The van der Waals surface area contributed by atoms with Gasteiger partial charge in [0.15, 0.2) is 0 Å². The number of hydrogen-bond donors (Lipinski definition) is 1. The predicted octanol–water partition coefficient (Wildman–Crippen LogP) is 1.46. The Kier molecular flexibility index (Phi) is 6.64. The SMILES string of the molecule is CCCCOC(=O)C[C@@H]1C(=O)NCCN1C(=O)OC(C)(C)C. The summed E-state index contributed by atoms with van der Waals surface area (Å²) in [6.07, 6.45) is 0.947. The molecule has 0 aromatic carbocycles. The predicted molar refractivity (Wildman–Crippen MR) is 80.2 cm³/mol. The molecule has 1 heterocycles. The van der Waals surface area contributed by atoms with E-state index in [4.69, 9.17) is 9.47 Å². The van der Waals surface area contributed by atoms with Gasteiger partial charge in [0.2, 0.25) is 5.91 Å². The molecule has 0 aromatic rings. The second-order valence-corrected chi connectivity index (χ2v) is 6.26. The van der Waals surface area contributed by atoms with Crippen LogP contribution >= 0.6 is 0 Å². The molecule has 22 heavy (non-hydrogen) atoms. The highest BCUT2D eigenvalue weighted by Crippen LogP contribution is 2.16. The third kappa shape index (κ3) is 5.91. The van der Waals surface area contributed by atoms with Crippen LogP contribution in [0.3, 0.4) is 0 Å². The van der Waals surface area contributed by atoms with Crippen molar-refractivity contribution in [2.75, 3.05) is 19.7 Å². The lowest BCUT2D eigenvalue weighted by atomic mass is 10.1. The lowest BCUT2D eigenvalue weighted by Crippen LogP contribution is -2.58. The van der Waals surface area contributed by atoms with E-state index < -0.39 is 23.7 Å². The lowest BCUT2D eigenvalue weighted by molar-refractivity contribution is -0.148. The fourth-order valence-electron chi connectivity index (χ4n) is 2.00. The van der Waals surface area contributed by atoms with Crippen LogP contribution in [0, 0.1) is 0 Å².